The Bertz CT molecular complexity index is 973. The molecule has 1 amide bonds. The lowest BCUT2D eigenvalue weighted by atomic mass is 10.1. The Morgan fingerprint density at radius 3 is 3.04 bits per heavy atom. The molecule has 1 N–H and O–H groups in total. The maximum Gasteiger partial charge on any atom is 0.283 e. The third-order valence-corrected chi connectivity index (χ3v) is 5.69. The number of hydrazone groups is 1. The number of hydrogen-bond donors (Lipinski definition) is 1. The van der Waals surface area contributed by atoms with Crippen molar-refractivity contribution < 1.29 is 13.6 Å². The van der Waals surface area contributed by atoms with Gasteiger partial charge in [-0.15, -0.1) is 0 Å². The first kappa shape index (κ1) is 17.9. The van der Waals surface area contributed by atoms with Gasteiger partial charge in [-0.25, -0.2) is 0 Å². The van der Waals surface area contributed by atoms with E-state index < -0.39 is 5.91 Å². The summed E-state index contributed by atoms with van der Waals surface area (Å²) in [7, 11) is 0. The van der Waals surface area contributed by atoms with E-state index in [0.29, 0.717) is 21.8 Å². The molecule has 0 saturated carbocycles. The first-order chi connectivity index (χ1) is 13.1. The summed E-state index contributed by atoms with van der Waals surface area (Å²) < 4.78 is 11.0. The van der Waals surface area contributed by atoms with Crippen LogP contribution in [0, 0.1) is 5.41 Å². The molecule has 2 aromatic rings. The predicted molar refractivity (Wildman–Crippen MR) is 107 cm³/mol. The quantitative estimate of drug-likeness (QED) is 0.563. The number of hydrogen-bond acceptors (Lipinski definition) is 7. The lowest BCUT2D eigenvalue weighted by molar-refractivity contribution is -0.114. The molecule has 0 fully saturated rings. The summed E-state index contributed by atoms with van der Waals surface area (Å²) in [4.78, 5) is 16.4. The van der Waals surface area contributed by atoms with E-state index in [2.05, 4.69) is 17.0 Å². The molecule has 4 rings (SSSR count). The van der Waals surface area contributed by atoms with Crippen LogP contribution >= 0.6 is 23.5 Å². The Morgan fingerprint density at radius 2 is 2.26 bits per heavy atom. The minimum atomic E-state index is -0.451. The summed E-state index contributed by atoms with van der Waals surface area (Å²) in [5, 5.41) is 16.2. The van der Waals surface area contributed by atoms with Crippen molar-refractivity contribution in [1.29, 1.82) is 5.41 Å². The Morgan fingerprint density at radius 1 is 1.37 bits per heavy atom. The maximum absolute atomic E-state index is 12.4. The SMILES string of the molecule is CCCC1=NN2C(=N)/C(=C/c3ccc(SCc4ccco4)o3)C(=O)N=C2S1. The van der Waals surface area contributed by atoms with Gasteiger partial charge in [-0.3, -0.25) is 10.2 Å². The molecule has 138 valence electrons. The van der Waals surface area contributed by atoms with Gasteiger partial charge in [-0.2, -0.15) is 15.1 Å². The highest BCUT2D eigenvalue weighted by atomic mass is 32.2. The molecule has 0 unspecified atom stereocenters. The van der Waals surface area contributed by atoms with Gasteiger partial charge in [0.1, 0.15) is 16.6 Å². The molecular weight excluding hydrogens is 384 g/mol. The molecule has 0 aliphatic carbocycles. The molecule has 2 aliphatic rings. The van der Waals surface area contributed by atoms with Gasteiger partial charge in [0, 0.05) is 0 Å². The van der Waals surface area contributed by atoms with E-state index in [4.69, 9.17) is 14.2 Å². The molecule has 9 heteroatoms. The second-order valence-corrected chi connectivity index (χ2v) is 7.81. The van der Waals surface area contributed by atoms with Crippen molar-refractivity contribution in [2.24, 2.45) is 10.1 Å². The van der Waals surface area contributed by atoms with Gasteiger partial charge in [-0.05, 0) is 54.9 Å². The smallest absolute Gasteiger partial charge is 0.283 e. The third-order valence-electron chi connectivity index (χ3n) is 3.79. The normalized spacial score (nSPS) is 18.1. The van der Waals surface area contributed by atoms with E-state index in [1.807, 2.05) is 18.2 Å². The monoisotopic (exact) mass is 400 g/mol. The van der Waals surface area contributed by atoms with Gasteiger partial charge in [0.25, 0.3) is 5.91 Å². The van der Waals surface area contributed by atoms with E-state index in [-0.39, 0.29) is 11.4 Å². The predicted octanol–water partition coefficient (Wildman–Crippen LogP) is 4.58. The summed E-state index contributed by atoms with van der Waals surface area (Å²) in [5.41, 5.74) is 0.165. The molecule has 0 saturated heterocycles. The molecule has 0 radical (unpaired) electrons. The highest BCUT2D eigenvalue weighted by Gasteiger charge is 2.35. The molecule has 4 heterocycles. The number of amides is 1. The van der Waals surface area contributed by atoms with E-state index in [0.717, 1.165) is 23.6 Å². The molecule has 2 aromatic heterocycles. The summed E-state index contributed by atoms with van der Waals surface area (Å²) in [6, 6.07) is 7.34. The van der Waals surface area contributed by atoms with Crippen molar-refractivity contribution >= 4 is 51.6 Å². The van der Waals surface area contributed by atoms with Crippen LogP contribution in [0.1, 0.15) is 31.3 Å². The van der Waals surface area contributed by atoms with E-state index in [1.54, 1.807) is 18.4 Å². The average molecular weight is 400 g/mol. The fraction of sp³-hybridized carbons (Fsp3) is 0.222. The first-order valence-corrected chi connectivity index (χ1v) is 10.2. The van der Waals surface area contributed by atoms with Gasteiger partial charge >= 0.3 is 0 Å². The molecule has 0 bridgehead atoms. The number of furan rings is 2. The summed E-state index contributed by atoms with van der Waals surface area (Å²) in [6.45, 7) is 2.06. The summed E-state index contributed by atoms with van der Waals surface area (Å²) in [5.74, 6) is 1.57. The number of fused-ring (bicyclic) bond motifs is 1. The first-order valence-electron chi connectivity index (χ1n) is 8.38. The van der Waals surface area contributed by atoms with Crippen molar-refractivity contribution in [1.82, 2.24) is 5.01 Å². The zero-order valence-electron chi connectivity index (χ0n) is 14.5. The zero-order chi connectivity index (χ0) is 18.8. The van der Waals surface area contributed by atoms with Crippen LogP contribution in [0.4, 0.5) is 0 Å². The highest BCUT2D eigenvalue weighted by molar-refractivity contribution is 8.26. The Hall–Kier alpha value is -2.52. The molecule has 0 aromatic carbocycles. The topological polar surface area (TPSA) is 95.2 Å². The van der Waals surface area contributed by atoms with Gasteiger partial charge < -0.3 is 8.83 Å². The second-order valence-electron chi connectivity index (χ2n) is 5.79. The van der Waals surface area contributed by atoms with Crippen LogP contribution in [0.25, 0.3) is 6.08 Å². The standard InChI is InChI=1S/C18H16N4O3S2/c1-2-4-14-21-22-16(19)13(17(23)20-18(22)27-14)9-11-6-7-15(25-11)26-10-12-5-3-8-24-12/h3,5-9,19H,2,4,10H2,1H3/b13-9-,19-16?. The third kappa shape index (κ3) is 3.79. The van der Waals surface area contributed by atoms with Crippen LogP contribution in [0.5, 0.6) is 0 Å². The van der Waals surface area contributed by atoms with E-state index in [1.165, 1.54) is 28.5 Å². The van der Waals surface area contributed by atoms with Crippen LogP contribution in [-0.4, -0.2) is 27.0 Å². The van der Waals surface area contributed by atoms with E-state index in [9.17, 15) is 4.79 Å². The lowest BCUT2D eigenvalue weighted by Crippen LogP contribution is -2.35. The minimum Gasteiger partial charge on any atom is -0.468 e. The minimum absolute atomic E-state index is 0.0183. The molecule has 7 nitrogen and oxygen atoms in total. The zero-order valence-corrected chi connectivity index (χ0v) is 16.1. The van der Waals surface area contributed by atoms with Crippen LogP contribution in [0.2, 0.25) is 0 Å². The van der Waals surface area contributed by atoms with Gasteiger partial charge in [0.2, 0.25) is 5.17 Å². The summed E-state index contributed by atoms with van der Waals surface area (Å²) in [6.07, 6.45) is 4.92. The molecule has 0 spiro atoms. The number of amidine groups is 2. The molecule has 2 aliphatic heterocycles. The number of carbonyl (C=O) groups is 1. The van der Waals surface area contributed by atoms with Crippen LogP contribution in [0.3, 0.4) is 0 Å². The fourth-order valence-corrected chi connectivity index (χ4v) is 4.27. The second kappa shape index (κ2) is 7.61. The number of carbonyl (C=O) groups excluding carboxylic acids is 1. The van der Waals surface area contributed by atoms with Gasteiger partial charge in [0.15, 0.2) is 10.9 Å². The molecule has 0 atom stereocenters. The van der Waals surface area contributed by atoms with Crippen molar-refractivity contribution in [3.8, 4) is 0 Å². The van der Waals surface area contributed by atoms with Gasteiger partial charge in [-0.1, -0.05) is 18.7 Å². The number of thioether (sulfide) groups is 2. The van der Waals surface area contributed by atoms with Crippen molar-refractivity contribution in [3.05, 3.63) is 47.6 Å². The maximum atomic E-state index is 12.4. The lowest BCUT2D eigenvalue weighted by Gasteiger charge is -2.19. The van der Waals surface area contributed by atoms with Crippen molar-refractivity contribution in [2.45, 2.75) is 30.6 Å². The van der Waals surface area contributed by atoms with Gasteiger partial charge in [0.05, 0.1) is 17.6 Å². The van der Waals surface area contributed by atoms with Crippen molar-refractivity contribution in [3.63, 3.8) is 0 Å². The Kier molecular flexibility index (Phi) is 5.04. The van der Waals surface area contributed by atoms with Crippen LogP contribution in [-0.2, 0) is 10.5 Å². The largest absolute Gasteiger partial charge is 0.468 e. The number of nitrogens with zero attached hydrogens (tertiary/aromatic N) is 3. The number of rotatable bonds is 6. The number of aliphatic imine (C=N–C) groups is 1. The molecule has 27 heavy (non-hydrogen) atoms. The van der Waals surface area contributed by atoms with Crippen LogP contribution < -0.4 is 0 Å². The van der Waals surface area contributed by atoms with Crippen molar-refractivity contribution in [2.75, 3.05) is 0 Å². The Labute approximate surface area is 164 Å². The highest BCUT2D eigenvalue weighted by Crippen LogP contribution is 2.31. The molecular formula is C18H16N4O3S2. The average Bonchev–Trinajstić information content (AvgIpc) is 3.38. The Balaban J connectivity index is 1.50. The summed E-state index contributed by atoms with van der Waals surface area (Å²) >= 11 is 2.84. The fourth-order valence-electron chi connectivity index (χ4n) is 2.52. The number of nitrogens with one attached hydrogen (secondary N) is 1. The van der Waals surface area contributed by atoms with E-state index >= 15 is 0 Å². The van der Waals surface area contributed by atoms with Crippen LogP contribution in [0.15, 0.2) is 60.1 Å².